The molecule has 2 nitrogen and oxygen atoms in total. The highest BCUT2D eigenvalue weighted by Crippen LogP contribution is 2.43. The quantitative estimate of drug-likeness (QED) is 0.447. The largest absolute Gasteiger partial charge is 0.469 e. The number of hydrogen-bond donors (Lipinski definition) is 0. The lowest BCUT2D eigenvalue weighted by Crippen LogP contribution is -2.01. The third-order valence-corrected chi connectivity index (χ3v) is 5.17. The summed E-state index contributed by atoms with van der Waals surface area (Å²) in [6, 6.07) is 13.0. The van der Waals surface area contributed by atoms with Gasteiger partial charge in [0, 0.05) is 4.90 Å². The van der Waals surface area contributed by atoms with Gasteiger partial charge < -0.3 is 4.74 Å². The van der Waals surface area contributed by atoms with Crippen LogP contribution in [-0.2, 0) is 9.53 Å². The molecule has 0 saturated carbocycles. The van der Waals surface area contributed by atoms with Gasteiger partial charge >= 0.3 is 5.97 Å². The fraction of sp³-hybridized carbons (Fsp3) is 0.261. The van der Waals surface area contributed by atoms with Crippen LogP contribution in [-0.4, -0.2) is 19.3 Å². The normalized spacial score (nSPS) is 13.9. The van der Waals surface area contributed by atoms with Gasteiger partial charge in [-0.2, -0.15) is 0 Å². The van der Waals surface area contributed by atoms with Crippen LogP contribution < -0.4 is 0 Å². The van der Waals surface area contributed by atoms with Crippen molar-refractivity contribution in [3.05, 3.63) is 70.5 Å². The van der Waals surface area contributed by atoms with Gasteiger partial charge in [-0.25, -0.2) is 4.39 Å². The first-order valence-corrected chi connectivity index (χ1v) is 10.2. The van der Waals surface area contributed by atoms with Gasteiger partial charge in [-0.3, -0.25) is 4.79 Å². The van der Waals surface area contributed by atoms with Gasteiger partial charge in [-0.1, -0.05) is 32.0 Å². The monoisotopic (exact) mass is 384 g/mol. The molecule has 2 aromatic rings. The summed E-state index contributed by atoms with van der Waals surface area (Å²) in [5.74, 6) is -0.630. The molecule has 0 spiro atoms. The van der Waals surface area contributed by atoms with E-state index in [1.165, 1.54) is 24.1 Å². The van der Waals surface area contributed by atoms with E-state index >= 15 is 0 Å². The molecule has 0 heterocycles. The van der Waals surface area contributed by atoms with Gasteiger partial charge in [0.1, 0.15) is 5.82 Å². The number of rotatable bonds is 4. The van der Waals surface area contributed by atoms with Crippen molar-refractivity contribution in [2.45, 2.75) is 32.1 Å². The third kappa shape index (κ3) is 4.69. The molecular formula is C23H25FO2S. The number of hydrogen-bond acceptors (Lipinski definition) is 3. The van der Waals surface area contributed by atoms with Crippen LogP contribution in [0.5, 0.6) is 0 Å². The molecule has 0 fully saturated rings. The first-order valence-electron chi connectivity index (χ1n) is 8.96. The fourth-order valence-corrected chi connectivity index (χ4v) is 3.47. The maximum atomic E-state index is 13.8. The van der Waals surface area contributed by atoms with Crippen molar-refractivity contribution in [3.8, 4) is 0 Å². The number of benzene rings is 2. The van der Waals surface area contributed by atoms with Gasteiger partial charge in [-0.15, -0.1) is 11.8 Å². The zero-order chi connectivity index (χ0) is 20.0. The second-order valence-corrected chi connectivity index (χ2v) is 6.76. The van der Waals surface area contributed by atoms with E-state index in [0.29, 0.717) is 0 Å². The zero-order valence-electron chi connectivity index (χ0n) is 16.4. The number of esters is 1. The van der Waals surface area contributed by atoms with Crippen LogP contribution in [0.2, 0.25) is 0 Å². The van der Waals surface area contributed by atoms with E-state index in [0.717, 1.165) is 33.4 Å². The number of halogens is 1. The lowest BCUT2D eigenvalue weighted by Gasteiger charge is -2.05. The van der Waals surface area contributed by atoms with Crippen molar-refractivity contribution in [1.29, 1.82) is 0 Å². The average Bonchev–Trinajstić information content (AvgIpc) is 2.95. The first-order chi connectivity index (χ1) is 13.0. The Bertz CT molecular complexity index is 880. The van der Waals surface area contributed by atoms with Crippen LogP contribution in [0.3, 0.4) is 0 Å². The maximum Gasteiger partial charge on any atom is 0.310 e. The molecule has 0 saturated heterocycles. The van der Waals surface area contributed by atoms with Crippen LogP contribution >= 0.6 is 11.8 Å². The van der Waals surface area contributed by atoms with E-state index in [4.69, 9.17) is 4.74 Å². The number of ether oxygens (including phenoxy) is 1. The van der Waals surface area contributed by atoms with Gasteiger partial charge in [0.05, 0.1) is 13.5 Å². The highest BCUT2D eigenvalue weighted by molar-refractivity contribution is 7.98. The molecule has 0 aromatic heterocycles. The maximum absolute atomic E-state index is 13.8. The Morgan fingerprint density at radius 2 is 1.78 bits per heavy atom. The Morgan fingerprint density at radius 3 is 2.37 bits per heavy atom. The lowest BCUT2D eigenvalue weighted by atomic mass is 10.0. The van der Waals surface area contributed by atoms with E-state index in [1.54, 1.807) is 17.8 Å². The highest BCUT2D eigenvalue weighted by Gasteiger charge is 2.25. The topological polar surface area (TPSA) is 26.3 Å². The second kappa shape index (κ2) is 9.56. The fourth-order valence-electron chi connectivity index (χ4n) is 3.06. The van der Waals surface area contributed by atoms with Gasteiger partial charge in [-0.05, 0) is 76.9 Å². The zero-order valence-corrected chi connectivity index (χ0v) is 17.2. The Morgan fingerprint density at radius 1 is 1.11 bits per heavy atom. The first kappa shape index (κ1) is 21.0. The summed E-state index contributed by atoms with van der Waals surface area (Å²) in [6.45, 7) is 5.97. The summed E-state index contributed by atoms with van der Waals surface area (Å²) in [7, 11) is 1.36. The predicted octanol–water partition coefficient (Wildman–Crippen LogP) is 6.46. The van der Waals surface area contributed by atoms with Crippen LogP contribution in [0.15, 0.2) is 52.9 Å². The molecule has 1 aliphatic rings. The van der Waals surface area contributed by atoms with Crippen molar-refractivity contribution < 1.29 is 13.9 Å². The second-order valence-electron chi connectivity index (χ2n) is 5.88. The SMILES string of the molecule is CC.COC(=O)CC1=C(C)/C(=C/c2ccc(SC)cc2)c2ccc(F)cc21. The van der Waals surface area contributed by atoms with E-state index in [9.17, 15) is 9.18 Å². The predicted molar refractivity (Wildman–Crippen MR) is 113 cm³/mol. The number of thioether (sulfide) groups is 1. The van der Waals surface area contributed by atoms with Crippen LogP contribution in [0, 0.1) is 5.82 Å². The summed E-state index contributed by atoms with van der Waals surface area (Å²) in [6.07, 6.45) is 4.27. The molecule has 27 heavy (non-hydrogen) atoms. The molecule has 0 radical (unpaired) electrons. The molecule has 0 N–H and O–H groups in total. The summed E-state index contributed by atoms with van der Waals surface area (Å²) < 4.78 is 18.6. The molecule has 2 aromatic carbocycles. The smallest absolute Gasteiger partial charge is 0.310 e. The molecule has 0 bridgehead atoms. The van der Waals surface area contributed by atoms with Gasteiger partial charge in [0.2, 0.25) is 0 Å². The lowest BCUT2D eigenvalue weighted by molar-refractivity contribution is -0.139. The molecule has 4 heteroatoms. The van der Waals surface area contributed by atoms with Crippen LogP contribution in [0.4, 0.5) is 4.39 Å². The number of carbonyl (C=O) groups excluding carboxylic acids is 1. The van der Waals surface area contributed by atoms with Crippen molar-refractivity contribution in [3.63, 3.8) is 0 Å². The standard InChI is InChI=1S/C21H19FO2S.C2H6/c1-13-18(10-14-4-7-16(25-3)8-5-14)17-9-6-15(22)11-20(17)19(13)12-21(23)24-2;1-2/h4-11H,12H2,1-3H3;1-2H3/b18-10-;. The molecule has 3 rings (SSSR count). The minimum atomic E-state index is -0.324. The van der Waals surface area contributed by atoms with E-state index in [1.807, 2.05) is 27.0 Å². The summed E-state index contributed by atoms with van der Waals surface area (Å²) in [4.78, 5) is 13.0. The molecule has 142 valence electrons. The number of carbonyl (C=O) groups is 1. The van der Waals surface area contributed by atoms with Crippen molar-refractivity contribution >= 4 is 35.0 Å². The Balaban J connectivity index is 0.00000126. The number of methoxy groups -OCH3 is 1. The van der Waals surface area contributed by atoms with E-state index < -0.39 is 0 Å². The molecular weight excluding hydrogens is 359 g/mol. The van der Waals surface area contributed by atoms with Crippen molar-refractivity contribution in [2.75, 3.05) is 13.4 Å². The van der Waals surface area contributed by atoms with Crippen molar-refractivity contribution in [1.82, 2.24) is 0 Å². The Hall–Kier alpha value is -2.33. The summed E-state index contributed by atoms with van der Waals surface area (Å²) in [5.41, 5.74) is 5.63. The minimum Gasteiger partial charge on any atom is -0.469 e. The van der Waals surface area contributed by atoms with Crippen molar-refractivity contribution in [2.24, 2.45) is 0 Å². The molecule has 0 aliphatic heterocycles. The molecule has 1 aliphatic carbocycles. The molecule has 0 unspecified atom stereocenters. The Kier molecular flexibility index (Phi) is 7.43. The summed E-state index contributed by atoms with van der Waals surface area (Å²) in [5, 5.41) is 0. The number of allylic oxidation sites excluding steroid dienone is 2. The molecule has 0 atom stereocenters. The van der Waals surface area contributed by atoms with Gasteiger partial charge in [0.15, 0.2) is 0 Å². The molecule has 0 amide bonds. The minimum absolute atomic E-state index is 0.140. The number of fused-ring (bicyclic) bond motifs is 1. The van der Waals surface area contributed by atoms with E-state index in [-0.39, 0.29) is 18.2 Å². The average molecular weight is 385 g/mol. The van der Waals surface area contributed by atoms with E-state index in [2.05, 4.69) is 30.3 Å². The van der Waals surface area contributed by atoms with Crippen LogP contribution in [0.25, 0.3) is 17.2 Å². The highest BCUT2D eigenvalue weighted by atomic mass is 32.2. The van der Waals surface area contributed by atoms with Gasteiger partial charge in [0.25, 0.3) is 0 Å². The Labute approximate surface area is 165 Å². The van der Waals surface area contributed by atoms with Crippen LogP contribution in [0.1, 0.15) is 43.9 Å². The third-order valence-electron chi connectivity index (χ3n) is 4.43. The summed E-state index contributed by atoms with van der Waals surface area (Å²) >= 11 is 1.70.